The van der Waals surface area contributed by atoms with Crippen molar-refractivity contribution < 1.29 is 14.7 Å². The van der Waals surface area contributed by atoms with Crippen molar-refractivity contribution in [2.24, 2.45) is 16.8 Å². The predicted octanol–water partition coefficient (Wildman–Crippen LogP) is 0.790. The Hall–Kier alpha value is -2.24. The van der Waals surface area contributed by atoms with Crippen LogP contribution in [0.1, 0.15) is 12.0 Å². The van der Waals surface area contributed by atoms with Crippen LogP contribution in [0.4, 0.5) is 0 Å². The summed E-state index contributed by atoms with van der Waals surface area (Å²) < 4.78 is 5.26. The molecule has 0 aromatic heterocycles. The van der Waals surface area contributed by atoms with Crippen LogP contribution in [0, 0.1) is 5.92 Å². The van der Waals surface area contributed by atoms with E-state index in [1.807, 2.05) is 24.3 Å². The van der Waals surface area contributed by atoms with Gasteiger partial charge in [-0.25, -0.2) is 0 Å². The van der Waals surface area contributed by atoms with E-state index in [0.29, 0.717) is 13.1 Å². The Labute approximate surface area is 111 Å². The highest BCUT2D eigenvalue weighted by Gasteiger charge is 2.32. The van der Waals surface area contributed by atoms with Gasteiger partial charge in [-0.2, -0.15) is 0 Å². The molecule has 1 aromatic rings. The van der Waals surface area contributed by atoms with Crippen LogP contribution in [0.3, 0.4) is 0 Å². The summed E-state index contributed by atoms with van der Waals surface area (Å²) in [6.07, 6.45) is 0.283. The van der Waals surface area contributed by atoms with Gasteiger partial charge >= 0.3 is 0 Å². The molecule has 1 fully saturated rings. The molecule has 0 spiro atoms. The van der Waals surface area contributed by atoms with Gasteiger partial charge in [-0.1, -0.05) is 23.4 Å². The zero-order valence-corrected chi connectivity index (χ0v) is 10.7. The number of ether oxygens (including phenoxy) is 1. The molecule has 2 rings (SSSR count). The lowest BCUT2D eigenvalue weighted by atomic mass is 10.1. The van der Waals surface area contributed by atoms with Crippen LogP contribution in [-0.2, 0) is 11.3 Å². The SMILES string of the molecule is COc1ccccc1CN1C[C@H](/C(N)=N\O)CC1=O. The lowest BCUT2D eigenvalue weighted by molar-refractivity contribution is -0.128. The normalized spacial score (nSPS) is 19.8. The molecule has 102 valence electrons. The van der Waals surface area contributed by atoms with Crippen molar-refractivity contribution in [1.82, 2.24) is 4.90 Å². The molecule has 6 nitrogen and oxygen atoms in total. The number of amides is 1. The van der Waals surface area contributed by atoms with Crippen LogP contribution in [0.2, 0.25) is 0 Å². The number of likely N-dealkylation sites (tertiary alicyclic amines) is 1. The molecule has 1 saturated heterocycles. The van der Waals surface area contributed by atoms with Gasteiger partial charge in [0.1, 0.15) is 11.6 Å². The number of amidine groups is 1. The lowest BCUT2D eigenvalue weighted by Gasteiger charge is -2.18. The third kappa shape index (κ3) is 2.78. The summed E-state index contributed by atoms with van der Waals surface area (Å²) in [5, 5.41) is 11.6. The van der Waals surface area contributed by atoms with Gasteiger partial charge in [0.2, 0.25) is 5.91 Å². The van der Waals surface area contributed by atoms with Crippen molar-refractivity contribution in [2.45, 2.75) is 13.0 Å². The Kier molecular flexibility index (Phi) is 3.89. The maximum atomic E-state index is 11.9. The van der Waals surface area contributed by atoms with Crippen LogP contribution in [0.15, 0.2) is 29.4 Å². The van der Waals surface area contributed by atoms with Gasteiger partial charge in [-0.3, -0.25) is 4.79 Å². The number of benzene rings is 1. The summed E-state index contributed by atoms with van der Waals surface area (Å²) in [4.78, 5) is 13.6. The maximum Gasteiger partial charge on any atom is 0.223 e. The minimum Gasteiger partial charge on any atom is -0.496 e. The van der Waals surface area contributed by atoms with Gasteiger partial charge in [0.05, 0.1) is 7.11 Å². The van der Waals surface area contributed by atoms with E-state index in [0.717, 1.165) is 11.3 Å². The van der Waals surface area contributed by atoms with Gasteiger partial charge in [0.15, 0.2) is 0 Å². The molecule has 0 unspecified atom stereocenters. The lowest BCUT2D eigenvalue weighted by Crippen LogP contribution is -2.28. The number of hydrogen-bond donors (Lipinski definition) is 2. The average Bonchev–Trinajstić information content (AvgIpc) is 2.80. The molecule has 1 atom stereocenters. The van der Waals surface area contributed by atoms with E-state index in [9.17, 15) is 4.79 Å². The zero-order valence-electron chi connectivity index (χ0n) is 10.7. The van der Waals surface area contributed by atoms with Crippen molar-refractivity contribution in [2.75, 3.05) is 13.7 Å². The third-order valence-electron chi connectivity index (χ3n) is 3.30. The van der Waals surface area contributed by atoms with Gasteiger partial charge in [0.25, 0.3) is 0 Å². The quantitative estimate of drug-likeness (QED) is 0.364. The predicted molar refractivity (Wildman–Crippen MR) is 69.9 cm³/mol. The first-order valence-corrected chi connectivity index (χ1v) is 6.02. The minimum absolute atomic E-state index is 0.00232. The molecule has 0 radical (unpaired) electrons. The van der Waals surface area contributed by atoms with Crippen LogP contribution in [0.5, 0.6) is 5.75 Å². The van der Waals surface area contributed by atoms with Crippen LogP contribution < -0.4 is 10.5 Å². The van der Waals surface area contributed by atoms with Crippen molar-refractivity contribution in [3.05, 3.63) is 29.8 Å². The van der Waals surface area contributed by atoms with Crippen molar-refractivity contribution in [3.63, 3.8) is 0 Å². The number of oxime groups is 1. The highest BCUT2D eigenvalue weighted by Crippen LogP contribution is 2.24. The zero-order chi connectivity index (χ0) is 13.8. The molecule has 19 heavy (non-hydrogen) atoms. The summed E-state index contributed by atoms with van der Waals surface area (Å²) in [5.41, 5.74) is 6.49. The van der Waals surface area contributed by atoms with Crippen LogP contribution in [-0.4, -0.2) is 35.5 Å². The third-order valence-corrected chi connectivity index (χ3v) is 3.30. The second kappa shape index (κ2) is 5.60. The fraction of sp³-hybridized carbons (Fsp3) is 0.385. The highest BCUT2D eigenvalue weighted by molar-refractivity contribution is 5.91. The Morgan fingerprint density at radius 1 is 1.58 bits per heavy atom. The highest BCUT2D eigenvalue weighted by atomic mass is 16.5. The molecule has 0 bridgehead atoms. The van der Waals surface area contributed by atoms with E-state index < -0.39 is 0 Å². The summed E-state index contributed by atoms with van der Waals surface area (Å²) in [6.45, 7) is 0.935. The molecule has 3 N–H and O–H groups in total. The second-order valence-electron chi connectivity index (χ2n) is 4.51. The molecule has 0 saturated carbocycles. The van der Waals surface area contributed by atoms with Gasteiger partial charge in [0, 0.05) is 31.0 Å². The molecule has 1 aliphatic heterocycles. The number of methoxy groups -OCH3 is 1. The van der Waals surface area contributed by atoms with Crippen molar-refractivity contribution in [1.29, 1.82) is 0 Å². The monoisotopic (exact) mass is 263 g/mol. The molecule has 0 aliphatic carbocycles. The number of hydrogen-bond acceptors (Lipinski definition) is 4. The summed E-state index contributed by atoms with van der Waals surface area (Å²) >= 11 is 0. The first-order valence-electron chi connectivity index (χ1n) is 6.02. The molecule has 1 aromatic carbocycles. The number of carbonyl (C=O) groups is 1. The number of carbonyl (C=O) groups excluding carboxylic acids is 1. The van der Waals surface area contributed by atoms with E-state index in [2.05, 4.69) is 5.16 Å². The molecule has 6 heteroatoms. The summed E-state index contributed by atoms with van der Waals surface area (Å²) in [5.74, 6) is 0.646. The topological polar surface area (TPSA) is 88.2 Å². The fourth-order valence-electron chi connectivity index (χ4n) is 2.24. The first kappa shape index (κ1) is 13.2. The van der Waals surface area contributed by atoms with E-state index in [-0.39, 0.29) is 24.1 Å². The number of nitrogens with two attached hydrogens (primary N) is 1. The molecule has 1 amide bonds. The molecule has 1 heterocycles. The average molecular weight is 263 g/mol. The Bertz CT molecular complexity index is 502. The fourth-order valence-corrected chi connectivity index (χ4v) is 2.24. The van der Waals surface area contributed by atoms with Gasteiger partial charge in [-0.15, -0.1) is 0 Å². The van der Waals surface area contributed by atoms with Gasteiger partial charge in [-0.05, 0) is 6.07 Å². The van der Waals surface area contributed by atoms with Crippen LogP contribution in [0.25, 0.3) is 0 Å². The van der Waals surface area contributed by atoms with Crippen molar-refractivity contribution >= 4 is 11.7 Å². The van der Waals surface area contributed by atoms with Gasteiger partial charge < -0.3 is 20.6 Å². The second-order valence-corrected chi connectivity index (χ2v) is 4.51. The first-order chi connectivity index (χ1) is 9.15. The van der Waals surface area contributed by atoms with Crippen molar-refractivity contribution in [3.8, 4) is 5.75 Å². The van der Waals surface area contributed by atoms with E-state index in [4.69, 9.17) is 15.7 Å². The van der Waals surface area contributed by atoms with E-state index >= 15 is 0 Å². The Morgan fingerprint density at radius 2 is 2.32 bits per heavy atom. The molecule has 1 aliphatic rings. The standard InChI is InChI=1S/C13H17N3O3/c1-19-11-5-3-2-4-9(11)7-16-8-10(6-12(16)17)13(14)15-18/h2-5,10,18H,6-8H2,1H3,(H2,14,15)/t10-/m1/s1. The Balaban J connectivity index is 2.10. The summed E-state index contributed by atoms with van der Waals surface area (Å²) in [7, 11) is 1.60. The smallest absolute Gasteiger partial charge is 0.223 e. The number of nitrogens with zero attached hydrogens (tertiary/aromatic N) is 2. The summed E-state index contributed by atoms with van der Waals surface area (Å²) in [6, 6.07) is 7.56. The van der Waals surface area contributed by atoms with E-state index in [1.165, 1.54) is 0 Å². The molecular formula is C13H17N3O3. The number of rotatable bonds is 4. The number of para-hydroxylation sites is 1. The molecular weight excluding hydrogens is 246 g/mol. The Morgan fingerprint density at radius 3 is 3.00 bits per heavy atom. The van der Waals surface area contributed by atoms with Crippen LogP contribution >= 0.6 is 0 Å². The largest absolute Gasteiger partial charge is 0.496 e. The maximum absolute atomic E-state index is 11.9. The minimum atomic E-state index is -0.216. The van der Waals surface area contributed by atoms with E-state index in [1.54, 1.807) is 12.0 Å².